The summed E-state index contributed by atoms with van der Waals surface area (Å²) in [5.74, 6) is 0.390. The topological polar surface area (TPSA) is 70.2 Å². The van der Waals surface area contributed by atoms with Gasteiger partial charge in [0.05, 0.1) is 17.7 Å². The standard InChI is InChI=1S/C24H27N3O4S2/c1-25(22-5-3-4-6-23(22)31-2)33(29,30)21-9-7-20(8-10-21)24(28)27-14-12-26(13-15-27)17-19-11-16-32-18-19/h3-11,16,18H,12-15,17H2,1-2H3. The fraction of sp³-hybridized carbons (Fsp3) is 0.292. The van der Waals surface area contributed by atoms with Crippen LogP contribution in [0.15, 0.2) is 70.3 Å². The van der Waals surface area contributed by atoms with Gasteiger partial charge in [-0.2, -0.15) is 11.3 Å². The maximum atomic E-state index is 13.1. The molecule has 0 aliphatic carbocycles. The predicted molar refractivity (Wildman–Crippen MR) is 131 cm³/mol. The van der Waals surface area contributed by atoms with Gasteiger partial charge in [-0.3, -0.25) is 14.0 Å². The highest BCUT2D eigenvalue weighted by molar-refractivity contribution is 7.92. The molecule has 0 radical (unpaired) electrons. The van der Waals surface area contributed by atoms with E-state index in [1.54, 1.807) is 47.7 Å². The largest absolute Gasteiger partial charge is 0.495 e. The second-order valence-electron chi connectivity index (χ2n) is 7.87. The first-order valence-corrected chi connectivity index (χ1v) is 13.0. The number of methoxy groups -OCH3 is 1. The fourth-order valence-electron chi connectivity index (χ4n) is 3.88. The van der Waals surface area contributed by atoms with Crippen LogP contribution in [0.3, 0.4) is 0 Å². The number of ether oxygens (including phenoxy) is 1. The van der Waals surface area contributed by atoms with E-state index in [-0.39, 0.29) is 10.8 Å². The third-order valence-electron chi connectivity index (χ3n) is 5.83. The molecule has 1 aromatic heterocycles. The lowest BCUT2D eigenvalue weighted by molar-refractivity contribution is 0.0628. The molecule has 0 spiro atoms. The monoisotopic (exact) mass is 485 g/mol. The molecule has 0 unspecified atom stereocenters. The second kappa shape index (κ2) is 9.94. The van der Waals surface area contributed by atoms with Gasteiger partial charge in [0.25, 0.3) is 15.9 Å². The van der Waals surface area contributed by atoms with E-state index in [9.17, 15) is 13.2 Å². The van der Waals surface area contributed by atoms with Crippen LogP contribution in [-0.2, 0) is 16.6 Å². The summed E-state index contributed by atoms with van der Waals surface area (Å²) < 4.78 is 32.7. The van der Waals surface area contributed by atoms with Crippen molar-refractivity contribution in [1.82, 2.24) is 9.80 Å². The van der Waals surface area contributed by atoms with Gasteiger partial charge in [0.15, 0.2) is 0 Å². The molecule has 0 N–H and O–H groups in total. The zero-order valence-corrected chi connectivity index (χ0v) is 20.3. The predicted octanol–water partition coefficient (Wildman–Crippen LogP) is 3.54. The number of sulfonamides is 1. The maximum Gasteiger partial charge on any atom is 0.264 e. The molecular weight excluding hydrogens is 458 g/mol. The normalized spacial score (nSPS) is 14.8. The molecule has 0 bridgehead atoms. The molecule has 0 atom stereocenters. The van der Waals surface area contributed by atoms with Gasteiger partial charge in [-0.1, -0.05) is 12.1 Å². The Morgan fingerprint density at radius 2 is 1.73 bits per heavy atom. The summed E-state index contributed by atoms with van der Waals surface area (Å²) in [5, 5.41) is 4.23. The summed E-state index contributed by atoms with van der Waals surface area (Å²) in [7, 11) is -0.812. The number of hydrogen-bond acceptors (Lipinski definition) is 6. The van der Waals surface area contributed by atoms with E-state index >= 15 is 0 Å². The number of carbonyl (C=O) groups excluding carboxylic acids is 1. The number of thiophene rings is 1. The van der Waals surface area contributed by atoms with Crippen LogP contribution in [0.2, 0.25) is 0 Å². The number of nitrogens with zero attached hydrogens (tertiary/aromatic N) is 3. The first-order valence-electron chi connectivity index (χ1n) is 10.6. The average molecular weight is 486 g/mol. The number of hydrogen-bond donors (Lipinski definition) is 0. The summed E-state index contributed by atoms with van der Waals surface area (Å²) in [4.78, 5) is 17.2. The summed E-state index contributed by atoms with van der Waals surface area (Å²) in [5.41, 5.74) is 2.23. The minimum Gasteiger partial charge on any atom is -0.495 e. The first-order chi connectivity index (χ1) is 15.9. The van der Waals surface area contributed by atoms with Gasteiger partial charge in [0.2, 0.25) is 0 Å². The van der Waals surface area contributed by atoms with Crippen LogP contribution >= 0.6 is 11.3 Å². The number of para-hydroxylation sites is 2. The molecule has 1 saturated heterocycles. The Bertz CT molecular complexity index is 1190. The third kappa shape index (κ3) is 5.05. The fourth-order valence-corrected chi connectivity index (χ4v) is 5.75. The Kier molecular flexibility index (Phi) is 7.02. The Balaban J connectivity index is 1.42. The molecular formula is C24H27N3O4S2. The van der Waals surface area contributed by atoms with Crippen LogP contribution in [0.4, 0.5) is 5.69 Å². The number of amides is 1. The van der Waals surface area contributed by atoms with E-state index in [1.807, 2.05) is 4.90 Å². The highest BCUT2D eigenvalue weighted by Crippen LogP contribution is 2.31. The van der Waals surface area contributed by atoms with Crippen molar-refractivity contribution < 1.29 is 17.9 Å². The van der Waals surface area contributed by atoms with Crippen LogP contribution in [0.25, 0.3) is 0 Å². The van der Waals surface area contributed by atoms with Crippen LogP contribution in [0.5, 0.6) is 5.75 Å². The quantitative estimate of drug-likeness (QED) is 0.512. The van der Waals surface area contributed by atoms with Gasteiger partial charge in [-0.25, -0.2) is 8.42 Å². The lowest BCUT2D eigenvalue weighted by Crippen LogP contribution is -2.48. The molecule has 1 aliphatic heterocycles. The van der Waals surface area contributed by atoms with E-state index in [1.165, 1.54) is 36.2 Å². The van der Waals surface area contributed by atoms with Gasteiger partial charge in [0.1, 0.15) is 5.75 Å². The molecule has 1 amide bonds. The molecule has 4 rings (SSSR count). The summed E-state index contributed by atoms with van der Waals surface area (Å²) >= 11 is 1.69. The van der Waals surface area contributed by atoms with Gasteiger partial charge < -0.3 is 9.64 Å². The second-order valence-corrected chi connectivity index (χ2v) is 10.6. The van der Waals surface area contributed by atoms with Crippen molar-refractivity contribution in [3.05, 3.63) is 76.5 Å². The SMILES string of the molecule is COc1ccccc1N(C)S(=O)(=O)c1ccc(C(=O)N2CCN(Cc3ccsc3)CC2)cc1. The van der Waals surface area contributed by atoms with Crippen molar-refractivity contribution in [2.45, 2.75) is 11.4 Å². The summed E-state index contributed by atoms with van der Waals surface area (Å²) in [6, 6.07) is 15.2. The lowest BCUT2D eigenvalue weighted by Gasteiger charge is -2.34. The van der Waals surface area contributed by atoms with Crippen LogP contribution in [0, 0.1) is 0 Å². The highest BCUT2D eigenvalue weighted by atomic mass is 32.2. The molecule has 1 aliphatic rings. The van der Waals surface area contributed by atoms with E-state index in [0.29, 0.717) is 30.1 Å². The van der Waals surface area contributed by atoms with Crippen molar-refractivity contribution >= 4 is 33.0 Å². The van der Waals surface area contributed by atoms with Crippen molar-refractivity contribution in [2.24, 2.45) is 0 Å². The highest BCUT2D eigenvalue weighted by Gasteiger charge is 2.26. The Labute approximate surface area is 198 Å². The van der Waals surface area contributed by atoms with E-state index < -0.39 is 10.0 Å². The lowest BCUT2D eigenvalue weighted by atomic mass is 10.1. The summed E-state index contributed by atoms with van der Waals surface area (Å²) in [6.45, 7) is 3.84. The van der Waals surface area contributed by atoms with Gasteiger partial charge in [-0.05, 0) is 58.8 Å². The molecule has 3 aromatic rings. The zero-order chi connectivity index (χ0) is 23.4. The molecule has 33 heavy (non-hydrogen) atoms. The van der Waals surface area contributed by atoms with E-state index in [0.717, 1.165) is 19.6 Å². The van der Waals surface area contributed by atoms with Crippen molar-refractivity contribution in [3.8, 4) is 5.75 Å². The molecule has 7 nitrogen and oxygen atoms in total. The molecule has 1 fully saturated rings. The smallest absolute Gasteiger partial charge is 0.264 e. The first kappa shape index (κ1) is 23.3. The average Bonchev–Trinajstić information content (AvgIpc) is 3.36. The zero-order valence-electron chi connectivity index (χ0n) is 18.7. The number of benzene rings is 2. The number of piperazine rings is 1. The number of rotatable bonds is 7. The Morgan fingerprint density at radius 1 is 1.03 bits per heavy atom. The number of anilines is 1. The van der Waals surface area contributed by atoms with Crippen molar-refractivity contribution in [1.29, 1.82) is 0 Å². The summed E-state index contributed by atoms with van der Waals surface area (Å²) in [6.07, 6.45) is 0. The Hall–Kier alpha value is -2.88. The van der Waals surface area contributed by atoms with Gasteiger partial charge in [-0.15, -0.1) is 0 Å². The van der Waals surface area contributed by atoms with Gasteiger partial charge in [0, 0.05) is 45.3 Å². The maximum absolute atomic E-state index is 13.1. The van der Waals surface area contributed by atoms with Crippen LogP contribution < -0.4 is 9.04 Å². The van der Waals surface area contributed by atoms with Crippen LogP contribution in [-0.4, -0.2) is 64.5 Å². The molecule has 174 valence electrons. The van der Waals surface area contributed by atoms with Crippen molar-refractivity contribution in [2.75, 3.05) is 44.6 Å². The molecule has 2 heterocycles. The van der Waals surface area contributed by atoms with Gasteiger partial charge >= 0.3 is 0 Å². The van der Waals surface area contributed by atoms with Crippen LogP contribution in [0.1, 0.15) is 15.9 Å². The minimum absolute atomic E-state index is 0.0767. The molecule has 9 heteroatoms. The van der Waals surface area contributed by atoms with E-state index in [4.69, 9.17) is 4.74 Å². The molecule has 2 aromatic carbocycles. The Morgan fingerprint density at radius 3 is 2.36 bits per heavy atom. The number of carbonyl (C=O) groups is 1. The minimum atomic E-state index is -3.80. The van der Waals surface area contributed by atoms with E-state index in [2.05, 4.69) is 21.7 Å². The molecule has 0 saturated carbocycles. The van der Waals surface area contributed by atoms with Crippen molar-refractivity contribution in [3.63, 3.8) is 0 Å². The third-order valence-corrected chi connectivity index (χ3v) is 8.35.